The van der Waals surface area contributed by atoms with Crippen molar-refractivity contribution in [3.05, 3.63) is 60.2 Å². The number of nitrogens with zero attached hydrogens (tertiary/aromatic N) is 8. The van der Waals surface area contributed by atoms with Crippen molar-refractivity contribution in [1.82, 2.24) is 28.7 Å². The number of rotatable bonds is 32. The van der Waals surface area contributed by atoms with Crippen LogP contribution < -0.4 is 19.3 Å². The van der Waals surface area contributed by atoms with Gasteiger partial charge in [0.1, 0.15) is 85.2 Å². The van der Waals surface area contributed by atoms with Gasteiger partial charge in [0.25, 0.3) is 11.8 Å². The first kappa shape index (κ1) is 88.2. The molecule has 34 nitrogen and oxygen atoms in total. The molecule has 18 atom stereocenters. The number of likely N-dealkylation sites (tertiary alicyclic amines) is 2. The molecule has 2 fully saturated rings. The lowest BCUT2D eigenvalue weighted by molar-refractivity contribution is -0.668. The van der Waals surface area contributed by atoms with Gasteiger partial charge in [-0.15, -0.1) is 0 Å². The first-order valence-electron chi connectivity index (χ1n) is 31.6. The van der Waals surface area contributed by atoms with Crippen LogP contribution in [0, 0.1) is 0 Å². The van der Waals surface area contributed by atoms with Gasteiger partial charge in [-0.2, -0.15) is 26.3 Å². The van der Waals surface area contributed by atoms with E-state index in [-0.39, 0.29) is 24.9 Å². The standard InChI is InChI=1S/2C28H47N4O11.2C2HF3O2/c2*1-3-29-15-30(4-2)19-9-16(5-6-18(19)29)28(43)31-8-7-17(10-31)32(11-20(35)24(39)26(41)22(37)13-33)12-21(36)25(40)27(42)23(38)14-34;2*3-2(4,5)1(6)7/h2*5-6,9,15,17,20-27,33-42H,3-4,7-8,10-14H2,1-2H3;2*(H,6,7)/q2*+1;;/p-2/t2*17-,20-,21-,22+,23+,24+,25+,26+,27+;;/m00../s1. The Balaban J connectivity index is 0.000000436. The highest BCUT2D eigenvalue weighted by Crippen LogP contribution is 2.26. The molecule has 0 aliphatic carbocycles. The minimum Gasteiger partial charge on any atom is -0.542 e. The van der Waals surface area contributed by atoms with Gasteiger partial charge in [0.15, 0.2) is 22.1 Å². The lowest BCUT2D eigenvalue weighted by Gasteiger charge is -2.36. The van der Waals surface area contributed by atoms with Crippen LogP contribution in [0.25, 0.3) is 22.1 Å². The van der Waals surface area contributed by atoms with Crippen LogP contribution in [0.2, 0.25) is 0 Å². The van der Waals surface area contributed by atoms with Gasteiger partial charge in [0.2, 0.25) is 12.7 Å². The third-order valence-electron chi connectivity index (χ3n) is 17.0. The monoisotopic (exact) mass is 1460 g/mol. The summed E-state index contributed by atoms with van der Waals surface area (Å²) in [4.78, 5) is 50.8. The third-order valence-corrected chi connectivity index (χ3v) is 17.0. The molecule has 572 valence electrons. The Kier molecular flexibility index (Phi) is 35.4. The Morgan fingerprint density at radius 1 is 0.450 bits per heavy atom. The highest BCUT2D eigenvalue weighted by Gasteiger charge is 2.42. The van der Waals surface area contributed by atoms with Crippen LogP contribution >= 0.6 is 0 Å². The van der Waals surface area contributed by atoms with E-state index in [0.717, 1.165) is 48.2 Å². The van der Waals surface area contributed by atoms with Gasteiger partial charge in [0.05, 0.1) is 77.0 Å². The number of carbonyl (C=O) groups is 4. The second kappa shape index (κ2) is 40.1. The van der Waals surface area contributed by atoms with Gasteiger partial charge in [0, 0.05) is 87.7 Å². The van der Waals surface area contributed by atoms with Crippen molar-refractivity contribution in [1.29, 1.82) is 0 Å². The average Bonchev–Trinajstić information content (AvgIpc) is 1.64. The average molecular weight is 1460 g/mol. The third kappa shape index (κ3) is 24.0. The van der Waals surface area contributed by atoms with Crippen LogP contribution in [0.5, 0.6) is 0 Å². The SMILES string of the molecule is CCn1c[n+](CC)c2ccc(C(=O)N3CC[C@H](N(C[C@H](O)[C@@H](O)[C@H](O)[C@H](O)CO)C[C@H](O)[C@@H](O)[C@H](O)[C@H](O)CO)C3)cc21.CCn1c[n+](CC)c2ccc(C(=O)N3CC[C@H](N(C[C@H](O)[C@@H](O)[C@H](O)[C@H](O)CO)C[C@H](O)[C@@H](O)[C@H](O)[C@H](O)CO)C3)cc21.O=C([O-])C(F)(F)F.O=C([O-])C(F)(F)F. The number of halogens is 6. The number of aryl methyl sites for hydroxylation is 4. The summed E-state index contributed by atoms with van der Waals surface area (Å²) in [6, 6.07) is 9.96. The minimum atomic E-state index is -5.19. The van der Waals surface area contributed by atoms with Crippen molar-refractivity contribution in [2.45, 2.75) is 189 Å². The lowest BCUT2D eigenvalue weighted by atomic mass is 10.00. The number of aliphatic carboxylic acids is 2. The van der Waals surface area contributed by atoms with Crippen LogP contribution in [-0.4, -0.2) is 356 Å². The number of carbonyl (C=O) groups excluding carboxylic acids is 4. The topological polar surface area (TPSA) is 550 Å². The van der Waals surface area contributed by atoms with Crippen molar-refractivity contribution in [3.63, 3.8) is 0 Å². The van der Waals surface area contributed by atoms with E-state index < -0.39 is 187 Å². The van der Waals surface area contributed by atoms with Crippen molar-refractivity contribution in [2.75, 3.05) is 78.8 Å². The lowest BCUT2D eigenvalue weighted by Crippen LogP contribution is -2.55. The van der Waals surface area contributed by atoms with Crippen molar-refractivity contribution < 1.29 is 167 Å². The molecule has 20 N–H and O–H groups in total. The molecule has 6 rings (SSSR count). The minimum absolute atomic E-state index is 0.149. The smallest absolute Gasteiger partial charge is 0.430 e. The molecule has 0 unspecified atom stereocenters. The van der Waals surface area contributed by atoms with Gasteiger partial charge in [-0.25, -0.2) is 18.3 Å². The molecule has 0 spiro atoms. The number of hydrogen-bond acceptors (Lipinski definition) is 28. The fourth-order valence-electron chi connectivity index (χ4n) is 11.1. The van der Waals surface area contributed by atoms with Crippen LogP contribution in [0.3, 0.4) is 0 Å². The normalized spacial score (nSPS) is 20.1. The molecular formula is C60H94F6N8O26. The van der Waals surface area contributed by atoms with Crippen LogP contribution in [0.4, 0.5) is 26.3 Å². The van der Waals surface area contributed by atoms with Gasteiger partial charge < -0.3 is 132 Å². The number of aromatic nitrogens is 4. The van der Waals surface area contributed by atoms with E-state index in [9.17, 15) is 118 Å². The Bertz CT molecular complexity index is 2910. The number of carboxylic acid groups (broad SMARTS) is 2. The Morgan fingerprint density at radius 3 is 0.900 bits per heavy atom. The molecule has 2 amide bonds. The maximum absolute atomic E-state index is 13.5. The predicted molar refractivity (Wildman–Crippen MR) is 325 cm³/mol. The summed E-state index contributed by atoms with van der Waals surface area (Å²) < 4.78 is 71.4. The summed E-state index contributed by atoms with van der Waals surface area (Å²) in [6.07, 6.45) is -34.4. The molecule has 2 aliphatic rings. The summed E-state index contributed by atoms with van der Waals surface area (Å²) in [6.45, 7) is 6.99. The number of fused-ring (bicyclic) bond motifs is 2. The summed E-state index contributed by atoms with van der Waals surface area (Å²) in [5, 5.41) is 217. The molecule has 2 aromatic carbocycles. The molecule has 0 radical (unpaired) electrons. The molecule has 2 saturated heterocycles. The van der Waals surface area contributed by atoms with Crippen LogP contribution in [0.15, 0.2) is 49.1 Å². The molecular weight excluding hydrogens is 1360 g/mol. The van der Waals surface area contributed by atoms with Crippen molar-refractivity contribution in [2.24, 2.45) is 0 Å². The second-order valence-electron chi connectivity index (χ2n) is 23.8. The van der Waals surface area contributed by atoms with E-state index in [0.29, 0.717) is 37.1 Å². The Labute approximate surface area is 567 Å². The zero-order chi connectivity index (χ0) is 76.2. The Hall–Kier alpha value is -6.04. The van der Waals surface area contributed by atoms with Crippen molar-refractivity contribution in [3.8, 4) is 0 Å². The van der Waals surface area contributed by atoms with E-state index in [1.54, 1.807) is 21.9 Å². The van der Waals surface area contributed by atoms with Crippen LogP contribution in [0.1, 0.15) is 61.3 Å². The van der Waals surface area contributed by atoms with Crippen LogP contribution in [-0.2, 0) is 35.8 Å². The summed E-state index contributed by atoms with van der Waals surface area (Å²) in [5.74, 6) is -6.49. The quantitative estimate of drug-likeness (QED) is 0.0159. The Morgan fingerprint density at radius 2 is 0.690 bits per heavy atom. The predicted octanol–water partition coefficient (Wildman–Crippen LogP) is -10.7. The zero-order valence-electron chi connectivity index (χ0n) is 55.0. The van der Waals surface area contributed by atoms with E-state index in [1.807, 2.05) is 73.7 Å². The van der Waals surface area contributed by atoms with E-state index in [1.165, 1.54) is 9.80 Å². The maximum atomic E-state index is 13.5. The number of imidazole rings is 2. The van der Waals surface area contributed by atoms with E-state index >= 15 is 0 Å². The van der Waals surface area contributed by atoms with Crippen molar-refractivity contribution >= 4 is 45.8 Å². The van der Waals surface area contributed by atoms with E-state index in [4.69, 9.17) is 40.2 Å². The number of aliphatic hydroxyl groups excluding tert-OH is 20. The largest absolute Gasteiger partial charge is 0.542 e. The second-order valence-corrected chi connectivity index (χ2v) is 23.8. The van der Waals surface area contributed by atoms with Gasteiger partial charge >= 0.3 is 12.4 Å². The molecule has 40 heteroatoms. The zero-order valence-corrected chi connectivity index (χ0v) is 55.0. The molecule has 2 aliphatic heterocycles. The number of aliphatic hydroxyl groups is 20. The maximum Gasteiger partial charge on any atom is 0.430 e. The molecule has 100 heavy (non-hydrogen) atoms. The molecule has 0 bridgehead atoms. The van der Waals surface area contributed by atoms with Gasteiger partial charge in [-0.05, 0) is 64.8 Å². The number of alkyl halides is 6. The molecule has 2 aromatic heterocycles. The van der Waals surface area contributed by atoms with Gasteiger partial charge in [-0.3, -0.25) is 19.4 Å². The highest BCUT2D eigenvalue weighted by atomic mass is 19.4. The fraction of sp³-hybridized carbons (Fsp3) is 0.700. The number of hydrogen-bond donors (Lipinski definition) is 20. The molecule has 4 heterocycles. The summed E-state index contributed by atoms with van der Waals surface area (Å²) in [7, 11) is 0. The number of carboxylic acids is 2. The molecule has 0 saturated carbocycles. The summed E-state index contributed by atoms with van der Waals surface area (Å²) in [5.41, 5.74) is 4.76. The van der Waals surface area contributed by atoms with Gasteiger partial charge in [-0.1, -0.05) is 0 Å². The first-order chi connectivity index (χ1) is 46.6. The first-order valence-corrected chi connectivity index (χ1v) is 31.6. The number of amides is 2. The van der Waals surface area contributed by atoms with E-state index in [2.05, 4.69) is 9.13 Å². The fourth-order valence-corrected chi connectivity index (χ4v) is 11.1. The number of benzene rings is 2. The molecule has 4 aromatic rings. The highest BCUT2D eigenvalue weighted by molar-refractivity contribution is 5.98. The summed E-state index contributed by atoms with van der Waals surface area (Å²) >= 11 is 0.